The number of nitrogens with zero attached hydrogens (tertiary/aromatic N) is 2. The molecule has 2 aromatic heterocycles. The molecule has 0 fully saturated rings. The van der Waals surface area contributed by atoms with Gasteiger partial charge in [-0.1, -0.05) is 11.6 Å². The Morgan fingerprint density at radius 3 is 2.37 bits per heavy atom. The fraction of sp³-hybridized carbons (Fsp3) is 0.130. The number of aromatic amines is 1. The van der Waals surface area contributed by atoms with E-state index < -0.39 is 33.1 Å². The van der Waals surface area contributed by atoms with Crippen molar-refractivity contribution < 1.29 is 17.6 Å². The minimum Gasteiger partial charge on any atom is -0.386 e. The van der Waals surface area contributed by atoms with Crippen LogP contribution in [0.5, 0.6) is 0 Å². The number of halogens is 2. The van der Waals surface area contributed by atoms with Gasteiger partial charge < -0.3 is 20.6 Å². The van der Waals surface area contributed by atoms with E-state index in [-0.39, 0.29) is 36.5 Å². The summed E-state index contributed by atoms with van der Waals surface area (Å²) in [6, 6.07) is 9.44. The van der Waals surface area contributed by atoms with Crippen molar-refractivity contribution in [1.29, 1.82) is 0 Å². The van der Waals surface area contributed by atoms with E-state index in [0.29, 0.717) is 0 Å². The third-order valence-corrected chi connectivity index (χ3v) is 7.99. The lowest BCUT2D eigenvalue weighted by Crippen LogP contribution is -2.34. The van der Waals surface area contributed by atoms with E-state index in [0.717, 1.165) is 22.0 Å². The first-order valence-electron chi connectivity index (χ1n) is 10.7. The molecular formula is C23H22ClFN6O5S2. The number of rotatable bonds is 5. The lowest BCUT2D eigenvalue weighted by Gasteiger charge is -2.10. The van der Waals surface area contributed by atoms with E-state index >= 15 is 0 Å². The molecule has 2 aromatic carbocycles. The van der Waals surface area contributed by atoms with Crippen molar-refractivity contribution >= 4 is 67.5 Å². The third-order valence-electron chi connectivity index (χ3n) is 4.94. The molecule has 15 heteroatoms. The van der Waals surface area contributed by atoms with E-state index in [1.807, 2.05) is 11.6 Å². The number of aromatic nitrogens is 2. The highest BCUT2D eigenvalue weighted by Crippen LogP contribution is 2.25. The number of carbonyl (C=O) groups is 1. The van der Waals surface area contributed by atoms with Gasteiger partial charge in [-0.2, -0.15) is 0 Å². The summed E-state index contributed by atoms with van der Waals surface area (Å²) in [5.41, 5.74) is -0.850. The Labute approximate surface area is 225 Å². The zero-order valence-electron chi connectivity index (χ0n) is 20.2. The van der Waals surface area contributed by atoms with Crippen LogP contribution in [-0.4, -0.2) is 44.3 Å². The summed E-state index contributed by atoms with van der Waals surface area (Å²) in [5.74, 6) is -0.656. The highest BCUT2D eigenvalue weighted by atomic mass is 35.5. The van der Waals surface area contributed by atoms with Gasteiger partial charge >= 0.3 is 11.7 Å². The molecule has 0 aliphatic heterocycles. The lowest BCUT2D eigenvalue weighted by atomic mass is 10.2. The number of amides is 2. The number of sulfonamides is 1. The monoisotopic (exact) mass is 580 g/mol. The van der Waals surface area contributed by atoms with Crippen LogP contribution in [0.15, 0.2) is 67.3 Å². The molecule has 0 saturated heterocycles. The van der Waals surface area contributed by atoms with Gasteiger partial charge in [-0.15, -0.1) is 11.3 Å². The third kappa shape index (κ3) is 6.45. The van der Waals surface area contributed by atoms with Gasteiger partial charge in [-0.3, -0.25) is 4.79 Å². The van der Waals surface area contributed by atoms with Gasteiger partial charge in [0.05, 0.1) is 26.6 Å². The predicted molar refractivity (Wildman–Crippen MR) is 148 cm³/mol. The molecule has 11 nitrogen and oxygen atoms in total. The highest BCUT2D eigenvalue weighted by molar-refractivity contribution is 7.92. The maximum Gasteiger partial charge on any atom is 0.333 e. The standard InChI is InChI=1S/C20H15ClFN5O5S2.C3H7N/c1-23-15-9-14-12(8-13(15)22)18(28)27(20(30)25-14)11-4-2-10(3-5-11)24-19(29)26-34(31,32)17-7-6-16(21)33-17;1-3-4-2/h2-9,23H,1H3,(H,25,30)(H2,24,26,29);3H,1-2H3. The Bertz CT molecular complexity index is 1730. The number of anilines is 2. The van der Waals surface area contributed by atoms with Crippen molar-refractivity contribution in [3.63, 3.8) is 0 Å². The van der Waals surface area contributed by atoms with Crippen molar-refractivity contribution in [1.82, 2.24) is 14.3 Å². The molecule has 0 saturated carbocycles. The number of nitrogens with one attached hydrogen (secondary N) is 4. The van der Waals surface area contributed by atoms with E-state index in [9.17, 15) is 27.2 Å². The van der Waals surface area contributed by atoms with Gasteiger partial charge in [0, 0.05) is 19.8 Å². The zero-order valence-corrected chi connectivity index (χ0v) is 22.6. The SMILES string of the molecule is CC=NC.CNc1cc2[nH]c(=O)n(-c3ccc(NC(=O)NS(=O)(=O)c4ccc(Cl)s4)cc3)c(=O)c2cc1F. The maximum absolute atomic E-state index is 14.1. The second kappa shape index (κ2) is 12.0. The molecule has 2 amide bonds. The molecule has 0 unspecified atom stereocenters. The second-order valence-corrected chi connectivity index (χ2v) is 11.0. The summed E-state index contributed by atoms with van der Waals surface area (Å²) < 4.78 is 41.3. The van der Waals surface area contributed by atoms with Crippen molar-refractivity contribution in [2.45, 2.75) is 11.1 Å². The van der Waals surface area contributed by atoms with Crippen molar-refractivity contribution in [3.8, 4) is 5.69 Å². The molecular weight excluding hydrogens is 559 g/mol. The maximum atomic E-state index is 14.1. The molecule has 2 heterocycles. The van der Waals surface area contributed by atoms with E-state index in [2.05, 4.69) is 20.6 Å². The largest absolute Gasteiger partial charge is 0.386 e. The van der Waals surface area contributed by atoms with Gasteiger partial charge in [0.25, 0.3) is 15.6 Å². The average Bonchev–Trinajstić information content (AvgIpc) is 3.32. The van der Waals surface area contributed by atoms with Gasteiger partial charge in [-0.25, -0.2) is 31.7 Å². The van der Waals surface area contributed by atoms with Crippen LogP contribution in [0.3, 0.4) is 0 Å². The molecule has 4 aromatic rings. The molecule has 4 N–H and O–H groups in total. The lowest BCUT2D eigenvalue weighted by molar-refractivity contribution is 0.256. The average molecular weight is 581 g/mol. The van der Waals surface area contributed by atoms with Crippen LogP contribution in [0.2, 0.25) is 4.34 Å². The summed E-state index contributed by atoms with van der Waals surface area (Å²) >= 11 is 6.52. The number of hydrogen-bond acceptors (Lipinski definition) is 8. The van der Waals surface area contributed by atoms with Crippen LogP contribution in [0, 0.1) is 5.82 Å². The van der Waals surface area contributed by atoms with Gasteiger partial charge in [-0.05, 0) is 61.7 Å². The van der Waals surface area contributed by atoms with Crippen LogP contribution in [0.25, 0.3) is 16.6 Å². The molecule has 0 radical (unpaired) electrons. The minimum absolute atomic E-state index is 0.0310. The molecule has 0 atom stereocenters. The van der Waals surface area contributed by atoms with E-state index in [1.54, 1.807) is 13.3 Å². The molecule has 38 heavy (non-hydrogen) atoms. The van der Waals surface area contributed by atoms with Crippen molar-refractivity contribution in [3.05, 3.63) is 79.5 Å². The summed E-state index contributed by atoms with van der Waals surface area (Å²) in [7, 11) is -0.848. The summed E-state index contributed by atoms with van der Waals surface area (Å²) in [6.45, 7) is 1.89. The van der Waals surface area contributed by atoms with Crippen molar-refractivity contribution in [2.75, 3.05) is 24.7 Å². The Kier molecular flexibility index (Phi) is 9.04. The highest BCUT2D eigenvalue weighted by Gasteiger charge is 2.20. The molecule has 0 aliphatic rings. The Balaban J connectivity index is 0.000000934. The number of urea groups is 1. The van der Waals surface area contributed by atoms with Crippen LogP contribution in [0.1, 0.15) is 6.92 Å². The number of H-pyrrole nitrogens is 1. The quantitative estimate of drug-likeness (QED) is 0.263. The smallest absolute Gasteiger partial charge is 0.333 e. The van der Waals surface area contributed by atoms with Crippen LogP contribution in [0.4, 0.5) is 20.6 Å². The second-order valence-electron chi connectivity index (χ2n) is 7.38. The first kappa shape index (κ1) is 28.6. The predicted octanol–water partition coefficient (Wildman–Crippen LogP) is 3.79. The fourth-order valence-corrected chi connectivity index (χ4v) is 5.52. The zero-order chi connectivity index (χ0) is 28.0. The topological polar surface area (TPSA) is 155 Å². The first-order chi connectivity index (χ1) is 18.0. The normalized spacial score (nSPS) is 11.2. The number of aliphatic imine (C=N–C) groups is 1. The minimum atomic E-state index is -4.10. The van der Waals surface area contributed by atoms with E-state index in [4.69, 9.17) is 11.6 Å². The fourth-order valence-electron chi connectivity index (χ4n) is 3.13. The summed E-state index contributed by atoms with van der Waals surface area (Å²) in [6.07, 6.45) is 1.75. The summed E-state index contributed by atoms with van der Waals surface area (Å²) in [5, 5.41) is 4.94. The van der Waals surface area contributed by atoms with E-state index in [1.165, 1.54) is 49.5 Å². The van der Waals surface area contributed by atoms with Crippen LogP contribution < -0.4 is 26.6 Å². The van der Waals surface area contributed by atoms with Gasteiger partial charge in [0.1, 0.15) is 10.0 Å². The number of thiophene rings is 1. The number of benzene rings is 2. The molecule has 200 valence electrons. The number of hydrogen-bond donors (Lipinski definition) is 4. The Hall–Kier alpha value is -4.01. The number of fused-ring (bicyclic) bond motifs is 1. The van der Waals surface area contributed by atoms with Crippen molar-refractivity contribution in [2.24, 2.45) is 4.99 Å². The van der Waals surface area contributed by atoms with Gasteiger partial charge in [0.2, 0.25) is 0 Å². The van der Waals surface area contributed by atoms with Crippen LogP contribution in [-0.2, 0) is 10.0 Å². The molecule has 4 rings (SSSR count). The van der Waals surface area contributed by atoms with Crippen LogP contribution >= 0.6 is 22.9 Å². The molecule has 0 aliphatic carbocycles. The number of carbonyl (C=O) groups excluding carboxylic acids is 1. The van der Waals surface area contributed by atoms with Gasteiger partial charge in [0.15, 0.2) is 0 Å². The Morgan fingerprint density at radius 1 is 1.16 bits per heavy atom. The Morgan fingerprint density at radius 2 is 1.82 bits per heavy atom. The molecule has 0 bridgehead atoms. The first-order valence-corrected chi connectivity index (χ1v) is 13.4. The summed E-state index contributed by atoms with van der Waals surface area (Å²) in [4.78, 5) is 43.7. The molecule has 0 spiro atoms.